The molecule has 56 heavy (non-hydrogen) atoms. The van der Waals surface area contributed by atoms with Crippen molar-refractivity contribution in [3.8, 4) is 0 Å². The minimum atomic E-state index is -1.30. The fourth-order valence-corrected chi connectivity index (χ4v) is 12.6. The Bertz CT molecular complexity index is 1600. The van der Waals surface area contributed by atoms with Gasteiger partial charge in [-0.15, -0.1) is 0 Å². The van der Waals surface area contributed by atoms with Gasteiger partial charge in [-0.05, 0) is 87.4 Å². The van der Waals surface area contributed by atoms with Gasteiger partial charge in [0.25, 0.3) is 0 Å². The second-order valence-corrected chi connectivity index (χ2v) is 19.4. The van der Waals surface area contributed by atoms with Gasteiger partial charge in [-0.1, -0.05) is 58.9 Å². The van der Waals surface area contributed by atoms with E-state index in [-0.39, 0.29) is 28.8 Å². The lowest BCUT2D eigenvalue weighted by atomic mass is 9.38. The van der Waals surface area contributed by atoms with Gasteiger partial charge in [0.05, 0.1) is 23.9 Å². The van der Waals surface area contributed by atoms with Gasteiger partial charge in [-0.3, -0.25) is 19.2 Å². The monoisotopic (exact) mass is 786 g/mol. The molecule has 0 aromatic heterocycles. The normalized spacial score (nSPS) is 42.9. The number of hydrogen-bond donors (Lipinski definition) is 1. The van der Waals surface area contributed by atoms with Crippen LogP contribution in [0.2, 0.25) is 0 Å². The second-order valence-electron chi connectivity index (χ2n) is 19.4. The molecule has 1 N–H and O–H groups in total. The summed E-state index contributed by atoms with van der Waals surface area (Å²) in [5, 5.41) is 10.3. The van der Waals surface area contributed by atoms with E-state index in [1.807, 2.05) is 19.9 Å². The predicted molar refractivity (Wildman–Crippen MR) is 204 cm³/mol. The number of fused-ring (bicyclic) bond motifs is 2. The molecular formula is C44H66O12. The Kier molecular flexibility index (Phi) is 11.5. The van der Waals surface area contributed by atoms with E-state index in [2.05, 4.69) is 52.8 Å². The van der Waals surface area contributed by atoms with E-state index in [0.29, 0.717) is 30.8 Å². The Morgan fingerprint density at radius 2 is 1.50 bits per heavy atom. The second kappa shape index (κ2) is 15.1. The van der Waals surface area contributed by atoms with Gasteiger partial charge in [0.15, 0.2) is 24.6 Å². The summed E-state index contributed by atoms with van der Waals surface area (Å²) >= 11 is 0. The van der Waals surface area contributed by atoms with Crippen LogP contribution in [0.15, 0.2) is 24.3 Å². The predicted octanol–water partition coefficient (Wildman–Crippen LogP) is 6.40. The summed E-state index contributed by atoms with van der Waals surface area (Å²) in [7, 11) is 0. The van der Waals surface area contributed by atoms with Crippen molar-refractivity contribution < 1.29 is 57.4 Å². The molecule has 6 rings (SSSR count). The molecule has 0 radical (unpaired) electrons. The molecular weight excluding hydrogens is 720 g/mol. The van der Waals surface area contributed by atoms with Crippen LogP contribution in [0.1, 0.15) is 121 Å². The zero-order valence-electron chi connectivity index (χ0n) is 35.4. The summed E-state index contributed by atoms with van der Waals surface area (Å²) in [5.41, 5.74) is -1.76. The quantitative estimate of drug-likeness (QED) is 0.140. The van der Waals surface area contributed by atoms with Gasteiger partial charge in [0.2, 0.25) is 0 Å². The van der Waals surface area contributed by atoms with Crippen molar-refractivity contribution >= 4 is 23.9 Å². The lowest BCUT2D eigenvalue weighted by Crippen LogP contribution is -2.67. The Morgan fingerprint density at radius 1 is 0.857 bits per heavy atom. The number of allylic oxidation sites excluding steroid dienone is 2. The fraction of sp³-hybridized carbons (Fsp3) is 0.818. The SMILES string of the molecule is CC(=O)OC[C@H]1O[C@@H](O[C@H]2CC[C@H]3[C@]45CC[C@]6(C)[C@@H]([C@H](C)CC=CC(C)(C)O)CC[C@@]6(C)[C@@H]4C=C[C@]3(OC5)C2(C)C)[C@H](OC(C)=O)[C@H](OC(C)=O)[C@@H]1OC(C)=O. The first-order chi connectivity index (χ1) is 26.0. The molecule has 2 heterocycles. The summed E-state index contributed by atoms with van der Waals surface area (Å²) in [6.07, 6.45) is 9.36. The van der Waals surface area contributed by atoms with E-state index in [1.165, 1.54) is 40.5 Å². The van der Waals surface area contributed by atoms with Crippen LogP contribution in [0.5, 0.6) is 0 Å². The number of carbonyl (C=O) groups excluding carboxylic acids is 4. The molecule has 4 aliphatic carbocycles. The molecule has 2 bridgehead atoms. The molecule has 5 fully saturated rings. The van der Waals surface area contributed by atoms with Crippen LogP contribution in [0.4, 0.5) is 0 Å². The summed E-state index contributed by atoms with van der Waals surface area (Å²) in [6.45, 7) is 20.7. The molecule has 2 saturated heterocycles. The van der Waals surface area contributed by atoms with Gasteiger partial charge in [-0.2, -0.15) is 0 Å². The van der Waals surface area contributed by atoms with Crippen molar-refractivity contribution in [2.24, 2.45) is 45.3 Å². The van der Waals surface area contributed by atoms with Crippen molar-refractivity contribution in [3.05, 3.63) is 24.3 Å². The molecule has 6 aliphatic rings. The van der Waals surface area contributed by atoms with Gasteiger partial charge in [-0.25, -0.2) is 0 Å². The Morgan fingerprint density at radius 3 is 2.12 bits per heavy atom. The molecule has 0 aromatic carbocycles. The van der Waals surface area contributed by atoms with E-state index in [9.17, 15) is 24.3 Å². The maximum Gasteiger partial charge on any atom is 0.303 e. The highest BCUT2D eigenvalue weighted by molar-refractivity contribution is 5.68. The largest absolute Gasteiger partial charge is 0.463 e. The van der Waals surface area contributed by atoms with E-state index < -0.39 is 77.3 Å². The lowest BCUT2D eigenvalue weighted by Gasteiger charge is -2.65. The maximum absolute atomic E-state index is 12.5. The highest BCUT2D eigenvalue weighted by Gasteiger charge is 2.75. The number of carbonyl (C=O) groups is 4. The standard InChI is InChI=1S/C44H66O12/c1-25(13-12-18-39(6,7)49)30-16-19-42(11)32-17-20-44-33(43(32,24-51-44)22-21-41(30,42)10)14-15-34(40(44,8)9)56-38-37(54-29(5)48)36(53-28(4)47)35(52-27(3)46)31(55-38)23-50-26(2)45/h12,17-18,20,25,30-38,49H,13-16,19,21-24H2,1-11H3/t25-,30-,31-,32+,33+,34+,35-,36-,37-,38+,41-,42+,43+,44-/m1/s1. The number of hydrogen-bond acceptors (Lipinski definition) is 12. The van der Waals surface area contributed by atoms with Crippen LogP contribution >= 0.6 is 0 Å². The molecule has 12 nitrogen and oxygen atoms in total. The van der Waals surface area contributed by atoms with Gasteiger partial charge < -0.3 is 38.3 Å². The van der Waals surface area contributed by atoms with Crippen LogP contribution in [0.25, 0.3) is 0 Å². The first-order valence-corrected chi connectivity index (χ1v) is 20.7. The van der Waals surface area contributed by atoms with Crippen LogP contribution < -0.4 is 0 Å². The van der Waals surface area contributed by atoms with Crippen molar-refractivity contribution in [1.82, 2.24) is 0 Å². The Balaban J connectivity index is 1.29. The van der Waals surface area contributed by atoms with Crippen LogP contribution in [-0.2, 0) is 52.3 Å². The molecule has 12 heteroatoms. The highest BCUT2D eigenvalue weighted by atomic mass is 16.7. The Labute approximate surface area is 332 Å². The third kappa shape index (κ3) is 7.16. The van der Waals surface area contributed by atoms with Crippen molar-refractivity contribution in [2.75, 3.05) is 13.2 Å². The molecule has 14 atom stereocenters. The molecule has 0 amide bonds. The third-order valence-corrected chi connectivity index (χ3v) is 15.3. The number of rotatable bonds is 11. The molecule has 1 spiro atoms. The average Bonchev–Trinajstić information content (AvgIpc) is 3.47. The summed E-state index contributed by atoms with van der Waals surface area (Å²) in [6, 6.07) is 0. The van der Waals surface area contributed by atoms with Gasteiger partial charge in [0, 0.05) is 44.4 Å². The lowest BCUT2D eigenvalue weighted by molar-refractivity contribution is -0.333. The smallest absolute Gasteiger partial charge is 0.303 e. The highest BCUT2D eigenvalue weighted by Crippen LogP contribution is 2.77. The topological polar surface area (TPSA) is 153 Å². The van der Waals surface area contributed by atoms with E-state index in [1.54, 1.807) is 0 Å². The minimum Gasteiger partial charge on any atom is -0.463 e. The third-order valence-electron chi connectivity index (χ3n) is 15.3. The summed E-state index contributed by atoms with van der Waals surface area (Å²) < 4.78 is 42.7. The number of ether oxygens (including phenoxy) is 7. The van der Waals surface area contributed by atoms with E-state index >= 15 is 0 Å². The van der Waals surface area contributed by atoms with Gasteiger partial charge >= 0.3 is 23.9 Å². The fourth-order valence-electron chi connectivity index (χ4n) is 12.6. The molecule has 3 saturated carbocycles. The van der Waals surface area contributed by atoms with E-state index in [4.69, 9.17) is 33.2 Å². The molecule has 0 unspecified atom stereocenters. The van der Waals surface area contributed by atoms with E-state index in [0.717, 1.165) is 25.7 Å². The molecule has 314 valence electrons. The van der Waals surface area contributed by atoms with Crippen molar-refractivity contribution in [1.29, 1.82) is 0 Å². The average molecular weight is 787 g/mol. The zero-order valence-corrected chi connectivity index (χ0v) is 35.4. The first kappa shape index (κ1) is 42.8. The Hall–Kier alpha value is -2.80. The minimum absolute atomic E-state index is 0.0153. The van der Waals surface area contributed by atoms with Crippen molar-refractivity contribution in [2.45, 2.75) is 169 Å². The van der Waals surface area contributed by atoms with Gasteiger partial charge in [0.1, 0.15) is 12.7 Å². The molecule has 2 aliphatic heterocycles. The number of aliphatic hydroxyl groups is 1. The summed E-state index contributed by atoms with van der Waals surface area (Å²) in [5.74, 6) is -0.896. The maximum atomic E-state index is 12.5. The van der Waals surface area contributed by atoms with Crippen molar-refractivity contribution in [3.63, 3.8) is 0 Å². The van der Waals surface area contributed by atoms with Crippen LogP contribution in [0, 0.1) is 45.3 Å². The first-order valence-electron chi connectivity index (χ1n) is 20.7. The molecule has 0 aromatic rings. The zero-order chi connectivity index (χ0) is 41.2. The number of esters is 4. The summed E-state index contributed by atoms with van der Waals surface area (Å²) in [4.78, 5) is 49.1. The van der Waals surface area contributed by atoms with Crippen LogP contribution in [-0.4, -0.2) is 90.2 Å². The van der Waals surface area contributed by atoms with Crippen LogP contribution in [0.3, 0.4) is 0 Å².